The van der Waals surface area contributed by atoms with Crippen LogP contribution in [0.25, 0.3) is 0 Å². The molecule has 0 saturated carbocycles. The Hall–Kier alpha value is -1.88. The van der Waals surface area contributed by atoms with E-state index in [0.29, 0.717) is 6.54 Å². The zero-order valence-corrected chi connectivity index (χ0v) is 12.9. The van der Waals surface area contributed by atoms with Gasteiger partial charge < -0.3 is 10.2 Å². The Balaban J connectivity index is 1.67. The summed E-state index contributed by atoms with van der Waals surface area (Å²) in [6.45, 7) is 3.46. The van der Waals surface area contributed by atoms with Crippen LogP contribution in [-0.4, -0.2) is 22.5 Å². The first-order valence-electron chi connectivity index (χ1n) is 7.29. The number of carbonyl (C=O) groups is 1. The van der Waals surface area contributed by atoms with E-state index in [1.54, 1.807) is 23.7 Å². The first kappa shape index (κ1) is 14.1. The van der Waals surface area contributed by atoms with Crippen molar-refractivity contribution < 1.29 is 4.79 Å². The van der Waals surface area contributed by atoms with Gasteiger partial charge in [0.1, 0.15) is 0 Å². The molecular weight excluding hydrogens is 282 g/mol. The summed E-state index contributed by atoms with van der Waals surface area (Å²) in [5.41, 5.74) is 2.34. The average molecular weight is 301 g/mol. The lowest BCUT2D eigenvalue weighted by Gasteiger charge is -2.35. The highest BCUT2D eigenvalue weighted by Gasteiger charge is 2.30. The molecule has 4 nitrogen and oxygen atoms in total. The van der Waals surface area contributed by atoms with E-state index in [9.17, 15) is 4.79 Å². The highest BCUT2D eigenvalue weighted by atomic mass is 32.1. The molecule has 0 aromatic carbocycles. The van der Waals surface area contributed by atoms with Crippen molar-refractivity contribution in [2.45, 2.75) is 32.4 Å². The molecule has 21 heavy (non-hydrogen) atoms. The fourth-order valence-corrected chi connectivity index (χ4v) is 3.79. The first-order chi connectivity index (χ1) is 10.3. The Morgan fingerprint density at radius 3 is 3.19 bits per heavy atom. The standard InChI is InChI=1S/C16H19N3OS/c1-2-14-13-6-9-21-15(13)5-8-19(14)16(20)18-11-12-4-3-7-17-10-12/h3-4,6-7,9-10,14H,2,5,8,11H2,1H3,(H,18,20). The van der Waals surface area contributed by atoms with Gasteiger partial charge in [-0.2, -0.15) is 0 Å². The lowest BCUT2D eigenvalue weighted by Crippen LogP contribution is -2.44. The molecule has 2 aromatic heterocycles. The summed E-state index contributed by atoms with van der Waals surface area (Å²) in [4.78, 5) is 19.9. The predicted octanol–water partition coefficient (Wildman–Crippen LogP) is 3.36. The number of nitrogens with zero attached hydrogens (tertiary/aromatic N) is 2. The Morgan fingerprint density at radius 2 is 2.43 bits per heavy atom. The molecule has 0 radical (unpaired) electrons. The molecule has 3 heterocycles. The molecule has 1 unspecified atom stereocenters. The Labute approximate surface area is 128 Å². The molecule has 5 heteroatoms. The van der Waals surface area contributed by atoms with Crippen LogP contribution >= 0.6 is 11.3 Å². The Bertz CT molecular complexity index is 611. The van der Waals surface area contributed by atoms with Crippen molar-refractivity contribution in [2.24, 2.45) is 0 Å². The minimum Gasteiger partial charge on any atom is -0.334 e. The third-order valence-corrected chi connectivity index (χ3v) is 4.91. The predicted molar refractivity (Wildman–Crippen MR) is 84.2 cm³/mol. The molecule has 1 N–H and O–H groups in total. The minimum atomic E-state index is 0.0163. The largest absolute Gasteiger partial charge is 0.334 e. The van der Waals surface area contributed by atoms with Crippen LogP contribution in [0.4, 0.5) is 4.79 Å². The van der Waals surface area contributed by atoms with Crippen molar-refractivity contribution in [3.8, 4) is 0 Å². The number of pyridine rings is 1. The Kier molecular flexibility index (Phi) is 4.20. The highest BCUT2D eigenvalue weighted by Crippen LogP contribution is 2.35. The van der Waals surface area contributed by atoms with Gasteiger partial charge in [-0.3, -0.25) is 4.98 Å². The zero-order valence-electron chi connectivity index (χ0n) is 12.1. The maximum atomic E-state index is 12.5. The second-order valence-electron chi connectivity index (χ2n) is 5.19. The van der Waals surface area contributed by atoms with Crippen LogP contribution in [0.5, 0.6) is 0 Å². The third-order valence-electron chi connectivity index (χ3n) is 3.91. The summed E-state index contributed by atoms with van der Waals surface area (Å²) in [6.07, 6.45) is 5.43. The highest BCUT2D eigenvalue weighted by molar-refractivity contribution is 7.10. The molecule has 1 atom stereocenters. The second kappa shape index (κ2) is 6.26. The molecule has 2 aromatic rings. The lowest BCUT2D eigenvalue weighted by molar-refractivity contribution is 0.167. The smallest absolute Gasteiger partial charge is 0.318 e. The van der Waals surface area contributed by atoms with Crippen molar-refractivity contribution in [3.05, 3.63) is 52.0 Å². The van der Waals surface area contributed by atoms with Gasteiger partial charge in [0.2, 0.25) is 0 Å². The van der Waals surface area contributed by atoms with Crippen molar-refractivity contribution in [1.82, 2.24) is 15.2 Å². The number of rotatable bonds is 3. The van der Waals surface area contributed by atoms with Crippen LogP contribution in [0.3, 0.4) is 0 Å². The molecule has 3 rings (SSSR count). The summed E-state index contributed by atoms with van der Waals surface area (Å²) >= 11 is 1.80. The summed E-state index contributed by atoms with van der Waals surface area (Å²) in [5.74, 6) is 0. The molecule has 1 aliphatic rings. The second-order valence-corrected chi connectivity index (χ2v) is 6.19. The van der Waals surface area contributed by atoms with E-state index < -0.39 is 0 Å². The minimum absolute atomic E-state index is 0.0163. The van der Waals surface area contributed by atoms with E-state index in [1.807, 2.05) is 17.0 Å². The number of carbonyl (C=O) groups excluding carboxylic acids is 1. The number of hydrogen-bond donors (Lipinski definition) is 1. The van der Waals surface area contributed by atoms with Crippen molar-refractivity contribution >= 4 is 17.4 Å². The molecular formula is C16H19N3OS. The van der Waals surface area contributed by atoms with Gasteiger partial charge >= 0.3 is 6.03 Å². The number of nitrogens with one attached hydrogen (secondary N) is 1. The number of amides is 2. The van der Waals surface area contributed by atoms with E-state index in [0.717, 1.165) is 24.9 Å². The first-order valence-corrected chi connectivity index (χ1v) is 8.17. The van der Waals surface area contributed by atoms with E-state index in [1.165, 1.54) is 10.4 Å². The van der Waals surface area contributed by atoms with E-state index >= 15 is 0 Å². The third kappa shape index (κ3) is 2.93. The number of fused-ring (bicyclic) bond motifs is 1. The van der Waals surface area contributed by atoms with Gasteiger partial charge in [-0.1, -0.05) is 13.0 Å². The lowest BCUT2D eigenvalue weighted by atomic mass is 9.98. The maximum Gasteiger partial charge on any atom is 0.318 e. The number of hydrogen-bond acceptors (Lipinski definition) is 3. The van der Waals surface area contributed by atoms with E-state index in [-0.39, 0.29) is 12.1 Å². The monoisotopic (exact) mass is 301 g/mol. The van der Waals surface area contributed by atoms with Crippen LogP contribution in [0.15, 0.2) is 36.0 Å². The van der Waals surface area contributed by atoms with E-state index in [4.69, 9.17) is 0 Å². The number of aromatic nitrogens is 1. The topological polar surface area (TPSA) is 45.2 Å². The Morgan fingerprint density at radius 1 is 1.52 bits per heavy atom. The molecule has 2 amide bonds. The van der Waals surface area contributed by atoms with Crippen molar-refractivity contribution in [1.29, 1.82) is 0 Å². The fraction of sp³-hybridized carbons (Fsp3) is 0.375. The van der Waals surface area contributed by atoms with Gasteiger partial charge in [0.05, 0.1) is 6.04 Å². The summed E-state index contributed by atoms with van der Waals surface area (Å²) in [6, 6.07) is 6.23. The van der Waals surface area contributed by atoms with Gasteiger partial charge in [-0.25, -0.2) is 4.79 Å². The summed E-state index contributed by atoms with van der Waals surface area (Å²) in [7, 11) is 0. The van der Waals surface area contributed by atoms with Crippen molar-refractivity contribution in [2.75, 3.05) is 6.54 Å². The molecule has 0 aliphatic carbocycles. The van der Waals surface area contributed by atoms with Crippen LogP contribution in [0.2, 0.25) is 0 Å². The zero-order chi connectivity index (χ0) is 14.7. The van der Waals surface area contributed by atoms with Gasteiger partial charge in [-0.05, 0) is 41.5 Å². The van der Waals surface area contributed by atoms with Gasteiger partial charge in [0.15, 0.2) is 0 Å². The fourth-order valence-electron chi connectivity index (χ4n) is 2.86. The van der Waals surface area contributed by atoms with Crippen LogP contribution in [0.1, 0.15) is 35.4 Å². The normalized spacial score (nSPS) is 17.4. The van der Waals surface area contributed by atoms with Gasteiger partial charge in [-0.15, -0.1) is 11.3 Å². The molecule has 1 aliphatic heterocycles. The molecule has 0 fully saturated rings. The van der Waals surface area contributed by atoms with Crippen LogP contribution < -0.4 is 5.32 Å². The maximum absolute atomic E-state index is 12.5. The van der Waals surface area contributed by atoms with Gasteiger partial charge in [0, 0.05) is 30.4 Å². The van der Waals surface area contributed by atoms with Crippen molar-refractivity contribution in [3.63, 3.8) is 0 Å². The molecule has 0 spiro atoms. The summed E-state index contributed by atoms with van der Waals surface area (Å²) < 4.78 is 0. The quantitative estimate of drug-likeness (QED) is 0.945. The summed E-state index contributed by atoms with van der Waals surface area (Å²) in [5, 5.41) is 5.14. The average Bonchev–Trinajstić information content (AvgIpc) is 3.01. The SMILES string of the molecule is CCC1c2ccsc2CCN1C(=O)NCc1cccnc1. The van der Waals surface area contributed by atoms with Crippen LogP contribution in [-0.2, 0) is 13.0 Å². The molecule has 0 bridgehead atoms. The molecule has 110 valence electrons. The van der Waals surface area contributed by atoms with Gasteiger partial charge in [0.25, 0.3) is 0 Å². The molecule has 0 saturated heterocycles. The number of urea groups is 1. The van der Waals surface area contributed by atoms with Crippen LogP contribution in [0, 0.1) is 0 Å². The number of thiophene rings is 1. The van der Waals surface area contributed by atoms with E-state index in [2.05, 4.69) is 28.7 Å².